The lowest BCUT2D eigenvalue weighted by Crippen LogP contribution is -2.28. The standard InChI is InChI=1S/C19H14BrNO6S/c1-26-15-5-3-2-4-13(15)21-18(24)16(28-19(21)25)9-11-8-12(20)6-7-14(11)27-10-17(22)23/h2-9H,10H2,1H3,(H,22,23)/b16-9-. The van der Waals surface area contributed by atoms with Crippen LogP contribution in [0.2, 0.25) is 0 Å². The quantitative estimate of drug-likeness (QED) is 0.642. The SMILES string of the molecule is COc1ccccc1N1C(=O)S/C(=C\c2cc(Br)ccc2OCC(=O)O)C1=O. The molecular formula is C19H14BrNO6S. The van der Waals surface area contributed by atoms with Crippen molar-refractivity contribution < 1.29 is 29.0 Å². The molecule has 1 aliphatic heterocycles. The molecule has 7 nitrogen and oxygen atoms in total. The molecule has 0 radical (unpaired) electrons. The Balaban J connectivity index is 1.96. The number of carboxylic acid groups (broad SMARTS) is 1. The number of carbonyl (C=O) groups excluding carboxylic acids is 2. The monoisotopic (exact) mass is 463 g/mol. The minimum Gasteiger partial charge on any atom is -0.495 e. The van der Waals surface area contributed by atoms with Crippen LogP contribution >= 0.6 is 27.7 Å². The molecule has 0 aromatic heterocycles. The van der Waals surface area contributed by atoms with Crippen LogP contribution in [0.4, 0.5) is 10.5 Å². The van der Waals surface area contributed by atoms with Gasteiger partial charge in [-0.3, -0.25) is 9.59 Å². The Hall–Kier alpha value is -2.78. The van der Waals surface area contributed by atoms with Crippen LogP contribution in [0.3, 0.4) is 0 Å². The van der Waals surface area contributed by atoms with E-state index < -0.39 is 23.7 Å². The highest BCUT2D eigenvalue weighted by atomic mass is 79.9. The second kappa shape index (κ2) is 8.49. The van der Waals surface area contributed by atoms with Crippen LogP contribution in [0.25, 0.3) is 6.08 Å². The summed E-state index contributed by atoms with van der Waals surface area (Å²) in [6, 6.07) is 11.7. The molecule has 3 rings (SSSR count). The molecule has 1 N–H and O–H groups in total. The van der Waals surface area contributed by atoms with E-state index >= 15 is 0 Å². The molecule has 2 aromatic carbocycles. The van der Waals surface area contributed by atoms with Crippen LogP contribution in [0.5, 0.6) is 11.5 Å². The van der Waals surface area contributed by atoms with E-state index in [0.29, 0.717) is 21.5 Å². The fourth-order valence-corrected chi connectivity index (χ4v) is 3.74. The minimum absolute atomic E-state index is 0.189. The number of amides is 2. The smallest absolute Gasteiger partial charge is 0.341 e. The second-order valence-corrected chi connectivity index (χ2v) is 7.46. The number of methoxy groups -OCH3 is 1. The number of rotatable bonds is 6. The third kappa shape index (κ3) is 4.20. The Bertz CT molecular complexity index is 990. The van der Waals surface area contributed by atoms with Gasteiger partial charge in [-0.2, -0.15) is 0 Å². The molecule has 28 heavy (non-hydrogen) atoms. The molecule has 1 saturated heterocycles. The molecule has 0 unspecified atom stereocenters. The molecule has 2 aromatic rings. The Morgan fingerprint density at radius 1 is 1.21 bits per heavy atom. The summed E-state index contributed by atoms with van der Waals surface area (Å²) < 4.78 is 11.2. The minimum atomic E-state index is -1.12. The van der Waals surface area contributed by atoms with E-state index in [9.17, 15) is 14.4 Å². The Kier molecular flexibility index (Phi) is 6.05. The van der Waals surface area contributed by atoms with Gasteiger partial charge in [-0.1, -0.05) is 28.1 Å². The lowest BCUT2D eigenvalue weighted by atomic mass is 10.1. The molecule has 0 spiro atoms. The number of halogens is 1. The van der Waals surface area contributed by atoms with Crippen molar-refractivity contribution >= 4 is 56.6 Å². The number of anilines is 1. The van der Waals surface area contributed by atoms with E-state index in [1.54, 1.807) is 42.5 Å². The van der Waals surface area contributed by atoms with Gasteiger partial charge in [0.15, 0.2) is 6.61 Å². The van der Waals surface area contributed by atoms with Gasteiger partial charge in [-0.05, 0) is 48.2 Å². The summed E-state index contributed by atoms with van der Waals surface area (Å²) in [4.78, 5) is 37.4. The van der Waals surface area contributed by atoms with Crippen LogP contribution in [-0.2, 0) is 9.59 Å². The van der Waals surface area contributed by atoms with Crippen LogP contribution in [0.1, 0.15) is 5.56 Å². The van der Waals surface area contributed by atoms with E-state index in [1.807, 2.05) is 0 Å². The fraction of sp³-hybridized carbons (Fsp3) is 0.105. The zero-order chi connectivity index (χ0) is 20.3. The number of ether oxygens (including phenoxy) is 2. The van der Waals surface area contributed by atoms with Crippen molar-refractivity contribution in [3.05, 3.63) is 57.4 Å². The number of hydrogen-bond donors (Lipinski definition) is 1. The lowest BCUT2D eigenvalue weighted by Gasteiger charge is -2.15. The predicted octanol–water partition coefficient (Wildman–Crippen LogP) is 4.16. The third-order valence-corrected chi connectivity index (χ3v) is 5.09. The molecule has 1 heterocycles. The van der Waals surface area contributed by atoms with Gasteiger partial charge >= 0.3 is 5.97 Å². The maximum Gasteiger partial charge on any atom is 0.341 e. The van der Waals surface area contributed by atoms with E-state index in [4.69, 9.17) is 14.6 Å². The summed E-state index contributed by atoms with van der Waals surface area (Å²) in [7, 11) is 1.46. The highest BCUT2D eigenvalue weighted by Gasteiger charge is 2.37. The maximum absolute atomic E-state index is 12.9. The highest BCUT2D eigenvalue weighted by molar-refractivity contribution is 9.10. The molecule has 2 amide bonds. The maximum atomic E-state index is 12.9. The van der Waals surface area contributed by atoms with Crippen LogP contribution in [0, 0.1) is 0 Å². The van der Waals surface area contributed by atoms with Crippen molar-refractivity contribution in [2.24, 2.45) is 0 Å². The van der Waals surface area contributed by atoms with Crippen molar-refractivity contribution in [1.29, 1.82) is 0 Å². The Labute approximate surface area is 173 Å². The highest BCUT2D eigenvalue weighted by Crippen LogP contribution is 2.40. The first kappa shape index (κ1) is 20.0. The van der Waals surface area contributed by atoms with Gasteiger partial charge in [0.05, 0.1) is 17.7 Å². The van der Waals surface area contributed by atoms with Crippen molar-refractivity contribution in [2.45, 2.75) is 0 Å². The van der Waals surface area contributed by atoms with Gasteiger partial charge in [0, 0.05) is 10.0 Å². The van der Waals surface area contributed by atoms with Crippen LogP contribution < -0.4 is 14.4 Å². The summed E-state index contributed by atoms with van der Waals surface area (Å²) in [6.07, 6.45) is 1.50. The predicted molar refractivity (Wildman–Crippen MR) is 109 cm³/mol. The number of nitrogens with zero attached hydrogens (tertiary/aromatic N) is 1. The molecule has 0 saturated carbocycles. The van der Waals surface area contributed by atoms with Gasteiger partial charge in [-0.25, -0.2) is 9.69 Å². The van der Waals surface area contributed by atoms with Crippen molar-refractivity contribution in [3.63, 3.8) is 0 Å². The van der Waals surface area contributed by atoms with E-state index in [1.165, 1.54) is 13.2 Å². The zero-order valence-corrected chi connectivity index (χ0v) is 17.0. The van der Waals surface area contributed by atoms with E-state index in [0.717, 1.165) is 16.7 Å². The van der Waals surface area contributed by atoms with E-state index in [-0.39, 0.29) is 10.7 Å². The van der Waals surface area contributed by atoms with Gasteiger partial charge < -0.3 is 14.6 Å². The first-order chi connectivity index (χ1) is 13.4. The number of benzene rings is 2. The summed E-state index contributed by atoms with van der Waals surface area (Å²) in [5.41, 5.74) is 0.827. The first-order valence-electron chi connectivity index (χ1n) is 7.96. The zero-order valence-electron chi connectivity index (χ0n) is 14.5. The number of hydrogen-bond acceptors (Lipinski definition) is 6. The fourth-order valence-electron chi connectivity index (χ4n) is 2.53. The van der Waals surface area contributed by atoms with Gasteiger partial charge in [-0.15, -0.1) is 0 Å². The Morgan fingerprint density at radius 2 is 1.96 bits per heavy atom. The molecule has 0 bridgehead atoms. The Morgan fingerprint density at radius 3 is 2.68 bits per heavy atom. The van der Waals surface area contributed by atoms with Crippen molar-refractivity contribution in [2.75, 3.05) is 18.6 Å². The number of para-hydroxylation sites is 2. The summed E-state index contributed by atoms with van der Waals surface area (Å²) >= 11 is 4.12. The molecule has 144 valence electrons. The van der Waals surface area contributed by atoms with Crippen molar-refractivity contribution in [3.8, 4) is 11.5 Å². The van der Waals surface area contributed by atoms with Gasteiger partial charge in [0.25, 0.3) is 11.1 Å². The van der Waals surface area contributed by atoms with E-state index in [2.05, 4.69) is 15.9 Å². The number of carboxylic acids is 1. The molecule has 1 aliphatic rings. The van der Waals surface area contributed by atoms with Gasteiger partial charge in [0.1, 0.15) is 11.5 Å². The van der Waals surface area contributed by atoms with Gasteiger partial charge in [0.2, 0.25) is 0 Å². The molecule has 0 atom stereocenters. The number of carbonyl (C=O) groups is 3. The normalized spacial score (nSPS) is 15.2. The summed E-state index contributed by atoms with van der Waals surface area (Å²) in [6.45, 7) is -0.523. The average molecular weight is 464 g/mol. The number of imide groups is 1. The molecule has 9 heteroatoms. The molecule has 0 aliphatic carbocycles. The van der Waals surface area contributed by atoms with Crippen LogP contribution in [0.15, 0.2) is 51.8 Å². The lowest BCUT2D eigenvalue weighted by molar-refractivity contribution is -0.139. The van der Waals surface area contributed by atoms with Crippen LogP contribution in [-0.4, -0.2) is 35.9 Å². The largest absolute Gasteiger partial charge is 0.495 e. The second-order valence-electron chi connectivity index (χ2n) is 5.55. The summed E-state index contributed by atoms with van der Waals surface area (Å²) in [5, 5.41) is 8.37. The molecule has 1 fully saturated rings. The summed E-state index contributed by atoms with van der Waals surface area (Å²) in [5.74, 6) is -0.928. The number of thioether (sulfide) groups is 1. The third-order valence-electron chi connectivity index (χ3n) is 3.73. The number of aliphatic carboxylic acids is 1. The first-order valence-corrected chi connectivity index (χ1v) is 9.56. The van der Waals surface area contributed by atoms with Crippen molar-refractivity contribution in [1.82, 2.24) is 0 Å². The topological polar surface area (TPSA) is 93.1 Å². The molecular weight excluding hydrogens is 450 g/mol. The average Bonchev–Trinajstić information content (AvgIpc) is 2.94.